The van der Waals surface area contributed by atoms with Gasteiger partial charge < -0.3 is 14.8 Å². The fraction of sp³-hybridized carbons (Fsp3) is 0.600. The molecule has 0 saturated heterocycles. The highest BCUT2D eigenvalue weighted by molar-refractivity contribution is 5.30. The van der Waals surface area contributed by atoms with Crippen molar-refractivity contribution in [2.45, 2.75) is 52.6 Å². The van der Waals surface area contributed by atoms with Crippen molar-refractivity contribution < 1.29 is 4.52 Å². The summed E-state index contributed by atoms with van der Waals surface area (Å²) in [5, 5.41) is 3.95. The summed E-state index contributed by atoms with van der Waals surface area (Å²) in [4.78, 5) is 4.25. The molecule has 0 fully saturated rings. The minimum atomic E-state index is 0.155. The molecule has 0 bridgehead atoms. The smallest absolute Gasteiger partial charge is 0.223 e. The van der Waals surface area contributed by atoms with E-state index in [1.54, 1.807) is 0 Å². The van der Waals surface area contributed by atoms with E-state index in [0.717, 1.165) is 31.6 Å². The zero-order chi connectivity index (χ0) is 14.3. The molecule has 1 aliphatic carbocycles. The highest BCUT2D eigenvalue weighted by Gasteiger charge is 2.32. The number of hydrogen-bond acceptors (Lipinski definition) is 4. The molecule has 2 aromatic rings. The number of aromatic nitrogens is 3. The number of rotatable bonds is 3. The van der Waals surface area contributed by atoms with Crippen LogP contribution in [-0.2, 0) is 19.4 Å². The maximum Gasteiger partial charge on any atom is 0.223 e. The van der Waals surface area contributed by atoms with Gasteiger partial charge in [0.1, 0.15) is 0 Å². The Balaban J connectivity index is 1.78. The van der Waals surface area contributed by atoms with Gasteiger partial charge in [0, 0.05) is 37.8 Å². The Kier molecular flexibility index (Phi) is 3.17. The van der Waals surface area contributed by atoms with Crippen molar-refractivity contribution in [3.8, 4) is 0 Å². The molecule has 108 valence electrons. The predicted octanol–water partition coefficient (Wildman–Crippen LogP) is 2.39. The van der Waals surface area contributed by atoms with Crippen molar-refractivity contribution in [1.29, 1.82) is 0 Å². The molecule has 0 aromatic carbocycles. The second kappa shape index (κ2) is 4.74. The topological polar surface area (TPSA) is 69.9 Å². The summed E-state index contributed by atoms with van der Waals surface area (Å²) < 4.78 is 7.30. The third-order valence-corrected chi connectivity index (χ3v) is 4.08. The normalized spacial score (nSPS) is 20.9. The number of nitrogens with two attached hydrogens (primary N) is 1. The van der Waals surface area contributed by atoms with Gasteiger partial charge >= 0.3 is 0 Å². The molecule has 0 spiro atoms. The maximum absolute atomic E-state index is 6.29. The largest absolute Gasteiger partial charge is 0.351 e. The van der Waals surface area contributed by atoms with Crippen molar-refractivity contribution in [2.75, 3.05) is 0 Å². The van der Waals surface area contributed by atoms with Crippen molar-refractivity contribution in [3.05, 3.63) is 35.2 Å². The van der Waals surface area contributed by atoms with E-state index < -0.39 is 0 Å². The standard InChI is InChI=1S/C15H22N4O/c1-10-17-14(18-20-10)5-7-19-6-4-11-12(16)8-15(2,3)9-13(11)19/h4,6,12H,5,7-9,16H2,1-3H3. The average molecular weight is 274 g/mol. The van der Waals surface area contributed by atoms with Crippen LogP contribution in [0.15, 0.2) is 16.8 Å². The van der Waals surface area contributed by atoms with Crippen molar-refractivity contribution >= 4 is 0 Å². The van der Waals surface area contributed by atoms with Crippen LogP contribution >= 0.6 is 0 Å². The van der Waals surface area contributed by atoms with Crippen molar-refractivity contribution in [3.63, 3.8) is 0 Å². The Labute approximate surface area is 119 Å². The third-order valence-electron chi connectivity index (χ3n) is 4.08. The summed E-state index contributed by atoms with van der Waals surface area (Å²) in [5.74, 6) is 1.39. The van der Waals surface area contributed by atoms with Gasteiger partial charge in [0.05, 0.1) is 0 Å². The molecule has 1 aliphatic rings. The predicted molar refractivity (Wildman–Crippen MR) is 76.2 cm³/mol. The molecule has 5 heteroatoms. The SMILES string of the molecule is Cc1nc(CCn2ccc3c2CC(C)(C)CC3N)no1. The second-order valence-electron chi connectivity index (χ2n) is 6.54. The Hall–Kier alpha value is -1.62. The van der Waals surface area contributed by atoms with Crippen LogP contribution in [0.4, 0.5) is 0 Å². The van der Waals surface area contributed by atoms with E-state index in [9.17, 15) is 0 Å². The minimum absolute atomic E-state index is 0.155. The van der Waals surface area contributed by atoms with Gasteiger partial charge in [0.2, 0.25) is 5.89 Å². The number of nitrogens with zero attached hydrogens (tertiary/aromatic N) is 3. The maximum atomic E-state index is 6.29. The Bertz CT molecular complexity index is 611. The van der Waals surface area contributed by atoms with E-state index in [0.29, 0.717) is 5.89 Å². The van der Waals surface area contributed by atoms with E-state index in [1.807, 2.05) is 6.92 Å². The van der Waals surface area contributed by atoms with Gasteiger partial charge in [0.25, 0.3) is 0 Å². The highest BCUT2D eigenvalue weighted by Crippen LogP contribution is 2.39. The Morgan fingerprint density at radius 1 is 1.50 bits per heavy atom. The number of hydrogen-bond donors (Lipinski definition) is 1. The summed E-state index contributed by atoms with van der Waals surface area (Å²) in [6.07, 6.45) is 5.05. The van der Waals surface area contributed by atoms with Gasteiger partial charge in [-0.05, 0) is 29.9 Å². The Morgan fingerprint density at radius 3 is 3.00 bits per heavy atom. The fourth-order valence-corrected chi connectivity index (χ4v) is 3.17. The van der Waals surface area contributed by atoms with E-state index >= 15 is 0 Å². The monoisotopic (exact) mass is 274 g/mol. The van der Waals surface area contributed by atoms with Crippen molar-refractivity contribution in [1.82, 2.24) is 14.7 Å². The van der Waals surface area contributed by atoms with E-state index in [4.69, 9.17) is 10.3 Å². The van der Waals surface area contributed by atoms with Crippen LogP contribution in [0.5, 0.6) is 0 Å². The van der Waals surface area contributed by atoms with Gasteiger partial charge in [-0.2, -0.15) is 4.98 Å². The summed E-state index contributed by atoms with van der Waals surface area (Å²) in [6, 6.07) is 2.32. The van der Waals surface area contributed by atoms with E-state index in [1.165, 1.54) is 11.3 Å². The molecular formula is C15H22N4O. The zero-order valence-electron chi connectivity index (χ0n) is 12.4. The molecule has 2 N–H and O–H groups in total. The first-order valence-electron chi connectivity index (χ1n) is 7.17. The molecule has 3 rings (SSSR count). The second-order valence-corrected chi connectivity index (χ2v) is 6.54. The van der Waals surface area contributed by atoms with Crippen LogP contribution in [-0.4, -0.2) is 14.7 Å². The van der Waals surface area contributed by atoms with Crippen molar-refractivity contribution in [2.24, 2.45) is 11.1 Å². The third kappa shape index (κ3) is 2.50. The van der Waals surface area contributed by atoms with Gasteiger partial charge in [-0.1, -0.05) is 19.0 Å². The Morgan fingerprint density at radius 2 is 2.30 bits per heavy atom. The first kappa shape index (κ1) is 13.4. The van der Waals surface area contributed by atoms with Gasteiger partial charge in [0.15, 0.2) is 5.82 Å². The molecule has 2 heterocycles. The van der Waals surface area contributed by atoms with Crippen LogP contribution in [0.2, 0.25) is 0 Å². The van der Waals surface area contributed by atoms with E-state index in [-0.39, 0.29) is 11.5 Å². The van der Waals surface area contributed by atoms with E-state index in [2.05, 4.69) is 40.8 Å². The lowest BCUT2D eigenvalue weighted by Gasteiger charge is -2.34. The highest BCUT2D eigenvalue weighted by atomic mass is 16.5. The molecule has 1 unspecified atom stereocenters. The molecule has 20 heavy (non-hydrogen) atoms. The molecule has 5 nitrogen and oxygen atoms in total. The molecule has 0 amide bonds. The van der Waals surface area contributed by atoms with Gasteiger partial charge in [-0.3, -0.25) is 0 Å². The quantitative estimate of drug-likeness (QED) is 0.933. The first-order valence-corrected chi connectivity index (χ1v) is 7.17. The lowest BCUT2D eigenvalue weighted by atomic mass is 9.74. The lowest BCUT2D eigenvalue weighted by Crippen LogP contribution is -2.30. The fourth-order valence-electron chi connectivity index (χ4n) is 3.17. The van der Waals surface area contributed by atoms with Crippen LogP contribution in [0, 0.1) is 12.3 Å². The molecule has 0 radical (unpaired) electrons. The van der Waals surface area contributed by atoms with Crippen LogP contribution in [0.3, 0.4) is 0 Å². The summed E-state index contributed by atoms with van der Waals surface area (Å²) in [5.41, 5.74) is 9.23. The number of fused-ring (bicyclic) bond motifs is 1. The lowest BCUT2D eigenvalue weighted by molar-refractivity contribution is 0.275. The summed E-state index contributed by atoms with van der Waals surface area (Å²) >= 11 is 0. The average Bonchev–Trinajstić information content (AvgIpc) is 2.92. The minimum Gasteiger partial charge on any atom is -0.351 e. The van der Waals surface area contributed by atoms with Gasteiger partial charge in [-0.25, -0.2) is 0 Å². The molecule has 2 aromatic heterocycles. The summed E-state index contributed by atoms with van der Waals surface area (Å²) in [7, 11) is 0. The van der Waals surface area contributed by atoms with Crippen LogP contribution in [0.1, 0.15) is 49.3 Å². The van der Waals surface area contributed by atoms with Crippen LogP contribution < -0.4 is 5.73 Å². The zero-order valence-corrected chi connectivity index (χ0v) is 12.4. The van der Waals surface area contributed by atoms with Crippen LogP contribution in [0.25, 0.3) is 0 Å². The first-order chi connectivity index (χ1) is 9.44. The molecule has 1 atom stereocenters. The van der Waals surface area contributed by atoms with Gasteiger partial charge in [-0.15, -0.1) is 0 Å². The molecule has 0 aliphatic heterocycles. The molecular weight excluding hydrogens is 252 g/mol. The number of aryl methyl sites for hydroxylation is 3. The molecule has 0 saturated carbocycles. The summed E-state index contributed by atoms with van der Waals surface area (Å²) in [6.45, 7) is 7.26.